The van der Waals surface area contributed by atoms with E-state index in [-0.39, 0.29) is 24.2 Å². The minimum absolute atomic E-state index is 0.00970. The van der Waals surface area contributed by atoms with Crippen LogP contribution in [0.5, 0.6) is 0 Å². The van der Waals surface area contributed by atoms with E-state index in [1.54, 1.807) is 19.1 Å². The van der Waals surface area contributed by atoms with E-state index >= 15 is 0 Å². The number of carbonyl (C=O) groups excluding carboxylic acids is 2. The van der Waals surface area contributed by atoms with Crippen molar-refractivity contribution >= 4 is 11.7 Å². The molecule has 124 valence electrons. The Balaban J connectivity index is 2.62. The Kier molecular flexibility index (Phi) is 8.10. The van der Waals surface area contributed by atoms with Crippen LogP contribution in [0.15, 0.2) is 23.3 Å². The maximum absolute atomic E-state index is 12.2. The molecule has 0 bridgehead atoms. The number of carbonyl (C=O) groups is 2. The highest BCUT2D eigenvalue weighted by Gasteiger charge is 2.18. The highest BCUT2D eigenvalue weighted by atomic mass is 16.3. The van der Waals surface area contributed by atoms with Gasteiger partial charge in [0.25, 0.3) is 0 Å². The van der Waals surface area contributed by atoms with Crippen LogP contribution in [0.25, 0.3) is 0 Å². The SMILES string of the molecule is CC(=O)C/C(C)=C/C(=C\[C@@H](C)C(=O)NC1CCCCC1)CO. The molecule has 0 saturated heterocycles. The number of amides is 1. The van der Waals surface area contributed by atoms with E-state index in [9.17, 15) is 14.7 Å². The second-order valence-corrected chi connectivity index (χ2v) is 6.40. The lowest BCUT2D eigenvalue weighted by Gasteiger charge is -2.24. The Morgan fingerprint density at radius 3 is 2.41 bits per heavy atom. The molecule has 2 N–H and O–H groups in total. The molecule has 0 heterocycles. The highest BCUT2D eigenvalue weighted by Crippen LogP contribution is 2.18. The molecule has 0 unspecified atom stereocenters. The van der Waals surface area contributed by atoms with Gasteiger partial charge in [-0.3, -0.25) is 9.59 Å². The normalized spacial score (nSPS) is 18.9. The summed E-state index contributed by atoms with van der Waals surface area (Å²) in [7, 11) is 0. The minimum Gasteiger partial charge on any atom is -0.392 e. The van der Waals surface area contributed by atoms with Crippen LogP contribution in [-0.4, -0.2) is 29.4 Å². The Hall–Kier alpha value is -1.42. The van der Waals surface area contributed by atoms with Crippen molar-refractivity contribution in [2.45, 2.75) is 65.3 Å². The number of aliphatic hydroxyl groups excluding tert-OH is 1. The van der Waals surface area contributed by atoms with Crippen molar-refractivity contribution in [3.05, 3.63) is 23.3 Å². The van der Waals surface area contributed by atoms with Crippen LogP contribution in [0.3, 0.4) is 0 Å². The van der Waals surface area contributed by atoms with E-state index in [0.717, 1.165) is 18.4 Å². The van der Waals surface area contributed by atoms with Gasteiger partial charge in [0, 0.05) is 12.5 Å². The average Bonchev–Trinajstić information content (AvgIpc) is 2.46. The van der Waals surface area contributed by atoms with E-state index in [1.807, 2.05) is 13.8 Å². The first-order valence-corrected chi connectivity index (χ1v) is 8.21. The van der Waals surface area contributed by atoms with Gasteiger partial charge < -0.3 is 10.4 Å². The van der Waals surface area contributed by atoms with Crippen LogP contribution < -0.4 is 5.32 Å². The maximum Gasteiger partial charge on any atom is 0.226 e. The Labute approximate surface area is 133 Å². The van der Waals surface area contributed by atoms with Gasteiger partial charge >= 0.3 is 0 Å². The fourth-order valence-corrected chi connectivity index (χ4v) is 2.88. The van der Waals surface area contributed by atoms with Crippen molar-refractivity contribution < 1.29 is 14.7 Å². The van der Waals surface area contributed by atoms with E-state index < -0.39 is 0 Å². The number of Topliss-reactive ketones (excluding diaryl/α,β-unsaturated/α-hetero) is 1. The van der Waals surface area contributed by atoms with Crippen LogP contribution in [0.4, 0.5) is 0 Å². The van der Waals surface area contributed by atoms with E-state index in [1.165, 1.54) is 19.3 Å². The summed E-state index contributed by atoms with van der Waals surface area (Å²) in [4.78, 5) is 23.3. The molecule has 1 rings (SSSR count). The summed E-state index contributed by atoms with van der Waals surface area (Å²) < 4.78 is 0. The monoisotopic (exact) mass is 307 g/mol. The predicted molar refractivity (Wildman–Crippen MR) is 88.4 cm³/mol. The zero-order valence-electron chi connectivity index (χ0n) is 14.0. The van der Waals surface area contributed by atoms with Crippen molar-refractivity contribution in [3.63, 3.8) is 0 Å². The van der Waals surface area contributed by atoms with Crippen molar-refractivity contribution in [1.29, 1.82) is 0 Å². The van der Waals surface area contributed by atoms with Crippen LogP contribution in [0.2, 0.25) is 0 Å². The van der Waals surface area contributed by atoms with Crippen molar-refractivity contribution in [1.82, 2.24) is 5.32 Å². The summed E-state index contributed by atoms with van der Waals surface area (Å²) in [5, 5.41) is 12.5. The Morgan fingerprint density at radius 1 is 1.23 bits per heavy atom. The molecule has 0 aromatic rings. The van der Waals surface area contributed by atoms with Gasteiger partial charge in [0.1, 0.15) is 5.78 Å². The molecule has 0 radical (unpaired) electrons. The van der Waals surface area contributed by atoms with Gasteiger partial charge in [0.2, 0.25) is 5.91 Å². The van der Waals surface area contributed by atoms with Crippen molar-refractivity contribution in [2.75, 3.05) is 6.61 Å². The zero-order valence-corrected chi connectivity index (χ0v) is 14.0. The van der Waals surface area contributed by atoms with Crippen LogP contribution in [-0.2, 0) is 9.59 Å². The van der Waals surface area contributed by atoms with Gasteiger partial charge in [-0.15, -0.1) is 0 Å². The number of hydrogen-bond acceptors (Lipinski definition) is 3. The highest BCUT2D eigenvalue weighted by molar-refractivity contribution is 5.80. The Bertz CT molecular complexity index is 445. The molecule has 1 atom stereocenters. The second-order valence-electron chi connectivity index (χ2n) is 6.40. The standard InChI is InChI=1S/C18H29NO3/c1-13(9-15(3)21)10-16(12-20)11-14(2)18(22)19-17-7-5-4-6-8-17/h10-11,14,17,20H,4-9,12H2,1-3H3,(H,19,22)/b13-10+,16-11+/t14-/m1/s1. The van der Waals surface area contributed by atoms with Gasteiger partial charge in [0.15, 0.2) is 0 Å². The first-order chi connectivity index (χ1) is 10.4. The molecule has 0 spiro atoms. The molecule has 1 fully saturated rings. The lowest BCUT2D eigenvalue weighted by Crippen LogP contribution is -2.38. The third kappa shape index (κ3) is 7.03. The number of ketones is 1. The maximum atomic E-state index is 12.2. The largest absolute Gasteiger partial charge is 0.392 e. The fourth-order valence-electron chi connectivity index (χ4n) is 2.88. The molecule has 0 aliphatic heterocycles. The lowest BCUT2D eigenvalue weighted by atomic mass is 9.94. The first kappa shape index (κ1) is 18.6. The number of aliphatic hydroxyl groups is 1. The van der Waals surface area contributed by atoms with E-state index in [0.29, 0.717) is 18.0 Å². The molecular formula is C18H29NO3. The summed E-state index contributed by atoms with van der Waals surface area (Å²) in [5.41, 5.74) is 1.58. The van der Waals surface area contributed by atoms with Gasteiger partial charge in [-0.2, -0.15) is 0 Å². The van der Waals surface area contributed by atoms with Gasteiger partial charge in [0.05, 0.1) is 12.5 Å². The molecule has 0 aromatic carbocycles. The first-order valence-electron chi connectivity index (χ1n) is 8.21. The van der Waals surface area contributed by atoms with Crippen LogP contribution in [0, 0.1) is 5.92 Å². The molecule has 1 aliphatic carbocycles. The number of hydrogen-bond donors (Lipinski definition) is 2. The third-order valence-corrected chi connectivity index (χ3v) is 3.97. The molecule has 22 heavy (non-hydrogen) atoms. The average molecular weight is 307 g/mol. The molecule has 0 aromatic heterocycles. The summed E-state index contributed by atoms with van der Waals surface area (Å²) in [6.07, 6.45) is 9.71. The summed E-state index contributed by atoms with van der Waals surface area (Å²) in [5.74, 6) is -0.185. The molecule has 1 amide bonds. The topological polar surface area (TPSA) is 66.4 Å². The summed E-state index contributed by atoms with van der Waals surface area (Å²) >= 11 is 0. The van der Waals surface area contributed by atoms with Crippen molar-refractivity contribution in [3.8, 4) is 0 Å². The third-order valence-electron chi connectivity index (χ3n) is 3.97. The van der Waals surface area contributed by atoms with Crippen molar-refractivity contribution in [2.24, 2.45) is 5.92 Å². The van der Waals surface area contributed by atoms with Crippen LogP contribution >= 0.6 is 0 Å². The molecule has 1 saturated carbocycles. The van der Waals surface area contributed by atoms with Gasteiger partial charge in [-0.25, -0.2) is 0 Å². The summed E-state index contributed by atoms with van der Waals surface area (Å²) in [6.45, 7) is 5.11. The predicted octanol–water partition coefficient (Wildman–Crippen LogP) is 2.92. The van der Waals surface area contributed by atoms with Gasteiger partial charge in [-0.1, -0.05) is 43.9 Å². The smallest absolute Gasteiger partial charge is 0.226 e. The Morgan fingerprint density at radius 2 is 1.86 bits per heavy atom. The number of rotatable bonds is 7. The summed E-state index contributed by atoms with van der Waals surface area (Å²) in [6, 6.07) is 0.296. The number of allylic oxidation sites excluding steroid dienone is 1. The lowest BCUT2D eigenvalue weighted by molar-refractivity contribution is -0.124. The second kappa shape index (κ2) is 9.57. The molecule has 1 aliphatic rings. The zero-order chi connectivity index (χ0) is 16.5. The van der Waals surface area contributed by atoms with E-state index in [4.69, 9.17) is 0 Å². The fraction of sp³-hybridized carbons (Fsp3) is 0.667. The molecule has 4 nitrogen and oxygen atoms in total. The molecule has 4 heteroatoms. The number of nitrogens with one attached hydrogen (secondary N) is 1. The molecular weight excluding hydrogens is 278 g/mol. The quantitative estimate of drug-likeness (QED) is 0.711. The van der Waals surface area contributed by atoms with Crippen LogP contribution in [0.1, 0.15) is 59.3 Å². The van der Waals surface area contributed by atoms with E-state index in [2.05, 4.69) is 5.32 Å². The van der Waals surface area contributed by atoms with Gasteiger partial charge in [-0.05, 0) is 32.3 Å². The minimum atomic E-state index is -0.287.